The Hall–Kier alpha value is -4.34. The minimum atomic E-state index is -1.17. The number of halogens is 3. The third-order valence-corrected chi connectivity index (χ3v) is 7.25. The van der Waals surface area contributed by atoms with Crippen molar-refractivity contribution in [3.8, 4) is 5.75 Å². The van der Waals surface area contributed by atoms with E-state index in [9.17, 15) is 27.6 Å². The monoisotopic (exact) mass is 537 g/mol. The van der Waals surface area contributed by atoms with Crippen molar-refractivity contribution in [3.05, 3.63) is 111 Å². The van der Waals surface area contributed by atoms with E-state index < -0.39 is 52.8 Å². The molecule has 2 bridgehead atoms. The number of carbonyl (C=O) groups excluding carboxylic acids is 2. The van der Waals surface area contributed by atoms with Gasteiger partial charge in [0.1, 0.15) is 29.6 Å². The summed E-state index contributed by atoms with van der Waals surface area (Å²) in [5, 5.41) is 2.33. The molecule has 0 radical (unpaired) electrons. The second-order valence-corrected chi connectivity index (χ2v) is 9.78. The Kier molecular flexibility index (Phi) is 7.03. The summed E-state index contributed by atoms with van der Waals surface area (Å²) in [5.41, 5.74) is -0.157. The van der Waals surface area contributed by atoms with Gasteiger partial charge in [0, 0.05) is 43.0 Å². The van der Waals surface area contributed by atoms with Gasteiger partial charge in [-0.3, -0.25) is 14.4 Å². The quantitative estimate of drug-likeness (QED) is 0.470. The van der Waals surface area contributed by atoms with Gasteiger partial charge < -0.3 is 19.5 Å². The van der Waals surface area contributed by atoms with Crippen LogP contribution in [0.2, 0.25) is 0 Å². The lowest BCUT2D eigenvalue weighted by Crippen LogP contribution is -2.48. The summed E-state index contributed by atoms with van der Waals surface area (Å²) in [6.07, 6.45) is 2.62. The molecule has 2 aliphatic heterocycles. The fraction of sp³-hybridized carbons (Fsp3) is 0.276. The van der Waals surface area contributed by atoms with Crippen LogP contribution >= 0.6 is 0 Å². The molecule has 1 N–H and O–H groups in total. The zero-order valence-corrected chi connectivity index (χ0v) is 21.2. The Morgan fingerprint density at radius 3 is 2.51 bits per heavy atom. The lowest BCUT2D eigenvalue weighted by molar-refractivity contribution is 0.0611. The van der Waals surface area contributed by atoms with Crippen molar-refractivity contribution >= 4 is 11.8 Å². The van der Waals surface area contributed by atoms with Gasteiger partial charge in [0.15, 0.2) is 11.4 Å². The topological polar surface area (TPSA) is 80.6 Å². The second-order valence-electron chi connectivity index (χ2n) is 9.78. The molecule has 0 aliphatic carbocycles. The minimum absolute atomic E-state index is 0.0225. The van der Waals surface area contributed by atoms with E-state index in [0.29, 0.717) is 31.5 Å². The molecule has 5 rings (SSSR count). The normalized spacial score (nSPS) is 18.4. The number of carbonyl (C=O) groups is 2. The summed E-state index contributed by atoms with van der Waals surface area (Å²) in [6, 6.07) is 9.53. The van der Waals surface area contributed by atoms with Crippen molar-refractivity contribution in [1.29, 1.82) is 0 Å². The van der Waals surface area contributed by atoms with Gasteiger partial charge in [-0.15, -0.1) is 0 Å². The average Bonchev–Trinajstić information content (AvgIpc) is 3.03. The molecule has 39 heavy (non-hydrogen) atoms. The van der Waals surface area contributed by atoms with E-state index in [2.05, 4.69) is 11.9 Å². The van der Waals surface area contributed by atoms with E-state index >= 15 is 0 Å². The number of ether oxygens (including phenoxy) is 1. The summed E-state index contributed by atoms with van der Waals surface area (Å²) in [6.45, 7) is 5.78. The smallest absolute Gasteiger partial charge is 0.274 e. The summed E-state index contributed by atoms with van der Waals surface area (Å²) in [5.74, 6) is -5.04. The van der Waals surface area contributed by atoms with Crippen molar-refractivity contribution in [2.24, 2.45) is 0 Å². The highest BCUT2D eigenvalue weighted by molar-refractivity contribution is 5.99. The van der Waals surface area contributed by atoms with Gasteiger partial charge in [0.25, 0.3) is 11.8 Å². The molecule has 2 amide bonds. The molecule has 2 atom stereocenters. The maximum Gasteiger partial charge on any atom is 0.274 e. The molecule has 3 heterocycles. The van der Waals surface area contributed by atoms with Gasteiger partial charge in [-0.25, -0.2) is 13.2 Å². The number of amides is 2. The number of fused-ring (bicyclic) bond motifs is 4. The lowest BCUT2D eigenvalue weighted by atomic mass is 10.0. The zero-order chi connectivity index (χ0) is 27.8. The van der Waals surface area contributed by atoms with Gasteiger partial charge in [-0.2, -0.15) is 0 Å². The van der Waals surface area contributed by atoms with Crippen LogP contribution in [-0.2, 0) is 13.2 Å². The van der Waals surface area contributed by atoms with E-state index in [-0.39, 0.29) is 29.7 Å². The molecule has 2 aromatic carbocycles. The van der Waals surface area contributed by atoms with Crippen LogP contribution in [0.4, 0.5) is 13.2 Å². The summed E-state index contributed by atoms with van der Waals surface area (Å²) < 4.78 is 49.0. The molecule has 202 valence electrons. The van der Waals surface area contributed by atoms with Crippen LogP contribution in [0.25, 0.3) is 0 Å². The molecule has 2 aliphatic rings. The number of hydrogen-bond acceptors (Lipinski definition) is 4. The van der Waals surface area contributed by atoms with Gasteiger partial charge in [-0.05, 0) is 25.3 Å². The van der Waals surface area contributed by atoms with Crippen LogP contribution in [0, 0.1) is 17.5 Å². The number of rotatable bonds is 6. The van der Waals surface area contributed by atoms with Gasteiger partial charge in [0.2, 0.25) is 5.43 Å². The van der Waals surface area contributed by atoms with Gasteiger partial charge in [-0.1, -0.05) is 42.5 Å². The predicted octanol–water partition coefficient (Wildman–Crippen LogP) is 4.51. The number of nitrogens with one attached hydrogen (secondary N) is 1. The third-order valence-electron chi connectivity index (χ3n) is 7.25. The first-order chi connectivity index (χ1) is 18.7. The molecule has 0 spiro atoms. The molecule has 3 aromatic rings. The fourth-order valence-corrected chi connectivity index (χ4v) is 5.01. The lowest BCUT2D eigenvalue weighted by Gasteiger charge is -2.37. The Bertz CT molecular complexity index is 1510. The number of pyridine rings is 1. The molecular formula is C29H26F3N3O4. The molecular weight excluding hydrogens is 511 g/mol. The Morgan fingerprint density at radius 1 is 1.13 bits per heavy atom. The third kappa shape index (κ3) is 4.94. The average molecular weight is 538 g/mol. The molecule has 1 saturated heterocycles. The van der Waals surface area contributed by atoms with Crippen molar-refractivity contribution in [1.82, 2.24) is 14.8 Å². The highest BCUT2D eigenvalue weighted by Gasteiger charge is 2.40. The van der Waals surface area contributed by atoms with E-state index in [1.165, 1.54) is 6.20 Å². The Labute approximate surface area is 222 Å². The van der Waals surface area contributed by atoms with Crippen LogP contribution in [0.1, 0.15) is 57.8 Å². The number of benzene rings is 2. The molecule has 1 aromatic heterocycles. The maximum absolute atomic E-state index is 14.1. The van der Waals surface area contributed by atoms with Crippen molar-refractivity contribution < 1.29 is 27.5 Å². The van der Waals surface area contributed by atoms with Gasteiger partial charge >= 0.3 is 0 Å². The Morgan fingerprint density at radius 2 is 1.82 bits per heavy atom. The molecule has 0 saturated carbocycles. The van der Waals surface area contributed by atoms with Crippen LogP contribution in [0.15, 0.2) is 65.6 Å². The number of hydrogen-bond donors (Lipinski definition) is 1. The van der Waals surface area contributed by atoms with Crippen LogP contribution in [0.5, 0.6) is 5.75 Å². The molecule has 7 nitrogen and oxygen atoms in total. The number of aromatic nitrogens is 1. The summed E-state index contributed by atoms with van der Waals surface area (Å²) in [4.78, 5) is 42.1. The van der Waals surface area contributed by atoms with Crippen LogP contribution in [0.3, 0.4) is 0 Å². The molecule has 1 fully saturated rings. The van der Waals surface area contributed by atoms with Crippen molar-refractivity contribution in [2.45, 2.75) is 45.0 Å². The van der Waals surface area contributed by atoms with Crippen molar-refractivity contribution in [2.75, 3.05) is 6.54 Å². The van der Waals surface area contributed by atoms with E-state index in [1.54, 1.807) is 33.7 Å². The summed E-state index contributed by atoms with van der Waals surface area (Å²) >= 11 is 0. The molecule has 10 heteroatoms. The largest absolute Gasteiger partial charge is 0.483 e. The minimum Gasteiger partial charge on any atom is -0.483 e. The second kappa shape index (κ2) is 10.4. The number of nitrogens with zero attached hydrogens (tertiary/aromatic N) is 2. The fourth-order valence-electron chi connectivity index (χ4n) is 5.01. The van der Waals surface area contributed by atoms with E-state index in [1.807, 2.05) is 13.0 Å². The van der Waals surface area contributed by atoms with E-state index in [0.717, 1.165) is 11.1 Å². The van der Waals surface area contributed by atoms with E-state index in [4.69, 9.17) is 4.74 Å². The SMILES string of the molecule is C=C1CC[C@H](C)N2C[C@H]1n1cc(C(=O)NCc3c(F)cc(F)cc3F)c(=O)c(OCc3ccccc3)c1C2=O. The van der Waals surface area contributed by atoms with Gasteiger partial charge in [0.05, 0.1) is 6.04 Å². The van der Waals surface area contributed by atoms with Crippen LogP contribution in [-0.4, -0.2) is 33.9 Å². The standard InChI is InChI=1S/C29H26F3N3O4/c1-16-8-9-17(2)34-14-24(16)35-13-21(28(37)33-12-20-22(31)10-19(30)11-23(20)32)26(36)27(25(35)29(34)38)39-15-18-6-4-3-5-7-18/h3-7,10-11,13,17,24H,1,8-9,12,14-15H2,2H3,(H,33,37)/t17-,24+/m0/s1. The zero-order valence-electron chi connectivity index (χ0n) is 21.2. The Balaban J connectivity index is 1.57. The van der Waals surface area contributed by atoms with Crippen molar-refractivity contribution in [3.63, 3.8) is 0 Å². The first-order valence-electron chi connectivity index (χ1n) is 12.5. The predicted molar refractivity (Wildman–Crippen MR) is 137 cm³/mol. The highest BCUT2D eigenvalue weighted by Crippen LogP contribution is 2.37. The van der Waals surface area contributed by atoms with Crippen LogP contribution < -0.4 is 15.5 Å². The first-order valence-corrected chi connectivity index (χ1v) is 12.5. The molecule has 0 unspecified atom stereocenters. The summed E-state index contributed by atoms with van der Waals surface area (Å²) in [7, 11) is 0. The first kappa shape index (κ1) is 26.3. The maximum atomic E-state index is 14.1. The highest BCUT2D eigenvalue weighted by atomic mass is 19.1.